The van der Waals surface area contributed by atoms with Gasteiger partial charge in [-0.3, -0.25) is 4.99 Å². The predicted molar refractivity (Wildman–Crippen MR) is 119 cm³/mol. The standard InChI is InChI=1S/C22H28N4O2S/c1-23-22(26-14-12-21(13-15-26)20-6-4-3-5-7-20)25-16-18-8-10-19(11-9-18)17-29(27,28)24-2/h3-12,24H,13-17H2,1-2H3,(H,23,25). The van der Waals surface area contributed by atoms with Crippen molar-refractivity contribution >= 4 is 21.6 Å². The van der Waals surface area contributed by atoms with Crippen LogP contribution in [0.4, 0.5) is 0 Å². The number of nitrogens with zero attached hydrogens (tertiary/aromatic N) is 2. The fourth-order valence-corrected chi connectivity index (χ4v) is 4.11. The van der Waals surface area contributed by atoms with Crippen LogP contribution in [0.3, 0.4) is 0 Å². The van der Waals surface area contributed by atoms with Crippen molar-refractivity contribution in [1.82, 2.24) is 14.9 Å². The molecule has 0 atom stereocenters. The van der Waals surface area contributed by atoms with Crippen molar-refractivity contribution in [2.45, 2.75) is 18.7 Å². The fraction of sp³-hybridized carbons (Fsp3) is 0.318. The first-order valence-electron chi connectivity index (χ1n) is 9.70. The summed E-state index contributed by atoms with van der Waals surface area (Å²) in [4.78, 5) is 6.65. The third-order valence-electron chi connectivity index (χ3n) is 5.01. The van der Waals surface area contributed by atoms with Gasteiger partial charge in [0.1, 0.15) is 0 Å². The molecule has 0 saturated carbocycles. The molecule has 0 aliphatic carbocycles. The molecule has 0 spiro atoms. The largest absolute Gasteiger partial charge is 0.352 e. The smallest absolute Gasteiger partial charge is 0.215 e. The van der Waals surface area contributed by atoms with Crippen molar-refractivity contribution < 1.29 is 8.42 Å². The second-order valence-electron chi connectivity index (χ2n) is 6.97. The molecule has 2 aromatic rings. The van der Waals surface area contributed by atoms with E-state index in [0.717, 1.165) is 36.6 Å². The maximum absolute atomic E-state index is 11.6. The average Bonchev–Trinajstić information content (AvgIpc) is 2.76. The first kappa shape index (κ1) is 21.1. The van der Waals surface area contributed by atoms with Gasteiger partial charge >= 0.3 is 0 Å². The van der Waals surface area contributed by atoms with E-state index in [2.05, 4.69) is 50.3 Å². The Morgan fingerprint density at radius 2 is 1.76 bits per heavy atom. The van der Waals surface area contributed by atoms with Crippen LogP contribution in [0.5, 0.6) is 0 Å². The van der Waals surface area contributed by atoms with Crippen LogP contribution in [-0.4, -0.2) is 46.5 Å². The van der Waals surface area contributed by atoms with E-state index in [1.54, 1.807) is 7.05 Å². The lowest BCUT2D eigenvalue weighted by molar-refractivity contribution is 0.440. The third kappa shape index (κ3) is 5.92. The molecule has 0 radical (unpaired) electrons. The topological polar surface area (TPSA) is 73.8 Å². The lowest BCUT2D eigenvalue weighted by Gasteiger charge is -2.29. The minimum atomic E-state index is -3.25. The average molecular weight is 413 g/mol. The number of rotatable bonds is 6. The molecule has 1 aliphatic rings. The minimum Gasteiger partial charge on any atom is -0.352 e. The van der Waals surface area contributed by atoms with E-state index in [1.165, 1.54) is 18.2 Å². The van der Waals surface area contributed by atoms with Gasteiger partial charge in [0.25, 0.3) is 0 Å². The van der Waals surface area contributed by atoms with Gasteiger partial charge in [-0.15, -0.1) is 0 Å². The molecule has 0 unspecified atom stereocenters. The molecule has 2 aromatic carbocycles. The quantitative estimate of drug-likeness (QED) is 0.565. The summed E-state index contributed by atoms with van der Waals surface area (Å²) in [5, 5.41) is 3.40. The molecule has 1 heterocycles. The highest BCUT2D eigenvalue weighted by Crippen LogP contribution is 2.22. The number of hydrogen-bond donors (Lipinski definition) is 2. The molecule has 7 heteroatoms. The van der Waals surface area contributed by atoms with Crippen molar-refractivity contribution in [3.8, 4) is 0 Å². The molecule has 0 bridgehead atoms. The van der Waals surface area contributed by atoms with E-state index in [-0.39, 0.29) is 5.75 Å². The highest BCUT2D eigenvalue weighted by Gasteiger charge is 2.16. The van der Waals surface area contributed by atoms with E-state index < -0.39 is 10.0 Å². The van der Waals surface area contributed by atoms with Gasteiger partial charge in [-0.05, 0) is 35.7 Å². The summed E-state index contributed by atoms with van der Waals surface area (Å²) in [6, 6.07) is 18.1. The SMILES string of the molecule is CN=C(NCc1ccc(CS(=O)(=O)NC)cc1)N1CC=C(c2ccccc2)CC1. The molecule has 0 fully saturated rings. The Morgan fingerprint density at radius 1 is 1.07 bits per heavy atom. The number of nitrogens with one attached hydrogen (secondary N) is 2. The number of guanidine groups is 1. The Hall–Kier alpha value is -2.64. The molecule has 29 heavy (non-hydrogen) atoms. The van der Waals surface area contributed by atoms with Crippen LogP contribution < -0.4 is 10.0 Å². The maximum Gasteiger partial charge on any atom is 0.215 e. The lowest BCUT2D eigenvalue weighted by Crippen LogP contribution is -2.43. The Balaban J connectivity index is 1.55. The summed E-state index contributed by atoms with van der Waals surface area (Å²) in [6.07, 6.45) is 3.25. The Kier molecular flexibility index (Phi) is 7.06. The van der Waals surface area contributed by atoms with Gasteiger partial charge < -0.3 is 10.2 Å². The summed E-state index contributed by atoms with van der Waals surface area (Å²) < 4.78 is 25.6. The number of sulfonamides is 1. The number of benzene rings is 2. The highest BCUT2D eigenvalue weighted by molar-refractivity contribution is 7.88. The van der Waals surface area contributed by atoms with E-state index in [0.29, 0.717) is 6.54 Å². The van der Waals surface area contributed by atoms with E-state index in [9.17, 15) is 8.42 Å². The molecule has 0 amide bonds. The second kappa shape index (κ2) is 9.71. The van der Waals surface area contributed by atoms with Crippen LogP contribution >= 0.6 is 0 Å². The maximum atomic E-state index is 11.6. The van der Waals surface area contributed by atoms with Crippen LogP contribution in [0.15, 0.2) is 65.7 Å². The molecular weight excluding hydrogens is 384 g/mol. The fourth-order valence-electron chi connectivity index (χ4n) is 3.33. The van der Waals surface area contributed by atoms with Gasteiger partial charge in [0.15, 0.2) is 5.96 Å². The molecule has 154 valence electrons. The van der Waals surface area contributed by atoms with Gasteiger partial charge in [-0.25, -0.2) is 13.1 Å². The van der Waals surface area contributed by atoms with Crippen molar-refractivity contribution in [3.63, 3.8) is 0 Å². The summed E-state index contributed by atoms with van der Waals surface area (Å²) in [5.41, 5.74) is 4.51. The molecule has 3 rings (SSSR count). The minimum absolute atomic E-state index is 0.0112. The molecule has 1 aliphatic heterocycles. The number of hydrogen-bond acceptors (Lipinski definition) is 3. The molecule has 2 N–H and O–H groups in total. The second-order valence-corrected chi connectivity index (χ2v) is 8.90. The number of aliphatic imine (C=N–C) groups is 1. The van der Waals surface area contributed by atoms with Crippen molar-refractivity contribution in [2.24, 2.45) is 4.99 Å². The van der Waals surface area contributed by atoms with E-state index >= 15 is 0 Å². The first-order valence-corrected chi connectivity index (χ1v) is 11.3. The Morgan fingerprint density at radius 3 is 2.34 bits per heavy atom. The van der Waals surface area contributed by atoms with Crippen molar-refractivity contribution in [1.29, 1.82) is 0 Å². The summed E-state index contributed by atoms with van der Waals surface area (Å²) in [7, 11) is -0.0266. The van der Waals surface area contributed by atoms with Gasteiger partial charge in [-0.2, -0.15) is 0 Å². The summed E-state index contributed by atoms with van der Waals surface area (Å²) in [5.74, 6) is 0.859. The van der Waals surface area contributed by atoms with Crippen LogP contribution in [0, 0.1) is 0 Å². The van der Waals surface area contributed by atoms with Crippen LogP contribution in [0.1, 0.15) is 23.1 Å². The zero-order valence-corrected chi connectivity index (χ0v) is 17.7. The molecule has 0 aromatic heterocycles. The van der Waals surface area contributed by atoms with Crippen molar-refractivity contribution in [3.05, 3.63) is 77.4 Å². The third-order valence-corrected chi connectivity index (χ3v) is 6.34. The molecular formula is C22H28N4O2S. The summed E-state index contributed by atoms with van der Waals surface area (Å²) in [6.45, 7) is 2.38. The highest BCUT2D eigenvalue weighted by atomic mass is 32.2. The molecule has 0 saturated heterocycles. The zero-order chi connectivity index (χ0) is 20.7. The zero-order valence-electron chi connectivity index (χ0n) is 16.9. The molecule has 6 nitrogen and oxygen atoms in total. The van der Waals surface area contributed by atoms with Gasteiger partial charge in [-0.1, -0.05) is 60.7 Å². The Bertz CT molecular complexity index is 968. The van der Waals surface area contributed by atoms with Crippen molar-refractivity contribution in [2.75, 3.05) is 27.2 Å². The van der Waals surface area contributed by atoms with Crippen LogP contribution in [0.25, 0.3) is 5.57 Å². The summed E-state index contributed by atoms with van der Waals surface area (Å²) >= 11 is 0. The lowest BCUT2D eigenvalue weighted by atomic mass is 10.00. The van der Waals surface area contributed by atoms with Gasteiger partial charge in [0.05, 0.1) is 5.75 Å². The van der Waals surface area contributed by atoms with Crippen LogP contribution in [0.2, 0.25) is 0 Å². The first-order chi connectivity index (χ1) is 14.0. The van der Waals surface area contributed by atoms with Gasteiger partial charge in [0.2, 0.25) is 10.0 Å². The van der Waals surface area contributed by atoms with E-state index in [1.807, 2.05) is 30.3 Å². The monoisotopic (exact) mass is 412 g/mol. The normalized spacial score (nSPS) is 15.2. The predicted octanol–water partition coefficient (Wildman–Crippen LogP) is 2.60. The van der Waals surface area contributed by atoms with Gasteiger partial charge in [0, 0.05) is 26.7 Å². The van der Waals surface area contributed by atoms with E-state index in [4.69, 9.17) is 0 Å². The van der Waals surface area contributed by atoms with Crippen LogP contribution in [-0.2, 0) is 22.3 Å². The Labute approximate surface area is 173 Å².